The molecule has 2 saturated heterocycles. The number of anilines is 2. The van der Waals surface area contributed by atoms with Crippen LogP contribution in [0.4, 0.5) is 24.8 Å². The predicted molar refractivity (Wildman–Crippen MR) is 258 cm³/mol. The Balaban J connectivity index is 0.824. The predicted octanol–water partition coefficient (Wildman–Crippen LogP) is 5.85. The maximum absolute atomic E-state index is 16.7. The number of halogens is 3. The number of nitrogens with two attached hydrogens (primary N) is 1. The van der Waals surface area contributed by atoms with Crippen LogP contribution in [0.15, 0.2) is 66.4 Å². The summed E-state index contributed by atoms with van der Waals surface area (Å²) in [6, 6.07) is 9.55. The summed E-state index contributed by atoms with van der Waals surface area (Å²) in [4.78, 5) is 82.6. The number of carbonyl (C=O) groups is 4. The largest absolute Gasteiger partial charge is 0.493 e. The van der Waals surface area contributed by atoms with Crippen molar-refractivity contribution in [2.24, 2.45) is 0 Å². The van der Waals surface area contributed by atoms with E-state index in [9.17, 15) is 28.4 Å². The van der Waals surface area contributed by atoms with Gasteiger partial charge in [-0.25, -0.2) is 27.9 Å². The van der Waals surface area contributed by atoms with Crippen LogP contribution in [-0.2, 0) is 20.9 Å². The number of rotatable bonds is 19. The normalized spacial score (nSPS) is 16.4. The molecule has 8 rings (SSSR count). The van der Waals surface area contributed by atoms with Crippen molar-refractivity contribution in [2.45, 2.75) is 76.8 Å². The minimum Gasteiger partial charge on any atom is -0.493 e. The number of aromatic nitrogens is 4. The molecule has 70 heavy (non-hydrogen) atoms. The fourth-order valence-electron chi connectivity index (χ4n) is 10.0. The SMILES string of the molecule is C=C(C(=O)N1CCN(c2ncnc3c(F)c(-c4c(F)cccc4OCCCCCCCN4CCC(c5cc(F)cc6c5CN(C(CCC=O)C(=O)NC)C6=O)C4)c(C)cc23)CC1)n1ccc(N)nc1=O. The van der Waals surface area contributed by atoms with Gasteiger partial charge in [-0.15, -0.1) is 0 Å². The molecule has 19 heteroatoms. The van der Waals surface area contributed by atoms with Gasteiger partial charge in [0.15, 0.2) is 5.82 Å². The van der Waals surface area contributed by atoms with Gasteiger partial charge in [0.2, 0.25) is 5.91 Å². The highest BCUT2D eigenvalue weighted by molar-refractivity contribution is 6.12. The smallest absolute Gasteiger partial charge is 0.354 e. The molecule has 2 fully saturated rings. The number of piperazine rings is 1. The number of carbonyl (C=O) groups excluding carboxylic acids is 4. The van der Waals surface area contributed by atoms with Gasteiger partial charge in [-0.05, 0) is 105 Å². The highest BCUT2D eigenvalue weighted by Gasteiger charge is 2.39. The molecule has 2 aromatic heterocycles. The van der Waals surface area contributed by atoms with Crippen molar-refractivity contribution in [3.63, 3.8) is 0 Å². The van der Waals surface area contributed by atoms with E-state index in [-0.39, 0.29) is 83.8 Å². The number of amides is 3. The minimum atomic E-state index is -0.819. The highest BCUT2D eigenvalue weighted by Crippen LogP contribution is 2.41. The third kappa shape index (κ3) is 10.2. The Morgan fingerprint density at radius 1 is 0.986 bits per heavy atom. The van der Waals surface area contributed by atoms with Crippen LogP contribution in [0.25, 0.3) is 27.7 Å². The third-order valence-electron chi connectivity index (χ3n) is 13.6. The van der Waals surface area contributed by atoms with Crippen molar-refractivity contribution in [3.05, 3.63) is 112 Å². The number of nitrogens with one attached hydrogen (secondary N) is 1. The molecule has 5 aromatic rings. The maximum Gasteiger partial charge on any atom is 0.354 e. The molecular formula is C51H57F3N10O6. The van der Waals surface area contributed by atoms with Gasteiger partial charge in [-0.2, -0.15) is 4.98 Å². The number of likely N-dealkylation sites (tertiary alicyclic amines) is 1. The number of hydrogen-bond donors (Lipinski definition) is 2. The number of nitrogens with zero attached hydrogens (tertiary/aromatic N) is 8. The first-order valence-electron chi connectivity index (χ1n) is 23.7. The standard InChI is InChI=1S/C51H57F3N10O6/c1-31-25-37-46(57-30-58-47(37)61-19-21-62(22-20-61)49(67)32(2)63-18-15-42(55)59-51(63)69)45(54)43(31)44-39(53)11-9-13-41(44)70-24-8-6-4-5-7-16-60-17-14-33(28-60)35-26-34(52)27-36-38(35)29-64(50(36)68)40(12-10-23-65)48(66)56-3/h9,11,13,15,18,23,25-27,30,33,40H,2,4-8,10,12,14,16-17,19-22,24,28-29H2,1,3H3,(H,56,66)(H2,55,59,69). The molecule has 3 N–H and O–H groups in total. The van der Waals surface area contributed by atoms with Gasteiger partial charge >= 0.3 is 5.69 Å². The van der Waals surface area contributed by atoms with Gasteiger partial charge in [0.05, 0.1) is 12.2 Å². The van der Waals surface area contributed by atoms with Crippen LogP contribution in [0.5, 0.6) is 5.75 Å². The number of ether oxygens (including phenoxy) is 1. The molecule has 0 bridgehead atoms. The molecule has 3 aliphatic heterocycles. The van der Waals surface area contributed by atoms with Gasteiger partial charge < -0.3 is 40.2 Å². The summed E-state index contributed by atoms with van der Waals surface area (Å²) in [7, 11) is 1.49. The Labute approximate surface area is 403 Å². The van der Waals surface area contributed by atoms with Crippen LogP contribution in [-0.4, -0.2) is 124 Å². The number of unbranched alkanes of at least 4 members (excludes halogenated alkanes) is 4. The molecule has 368 valence electrons. The van der Waals surface area contributed by atoms with Crippen LogP contribution >= 0.6 is 0 Å². The van der Waals surface area contributed by atoms with Crippen molar-refractivity contribution in [3.8, 4) is 16.9 Å². The summed E-state index contributed by atoms with van der Waals surface area (Å²) in [6.07, 6.45) is 8.96. The zero-order valence-corrected chi connectivity index (χ0v) is 39.4. The zero-order chi connectivity index (χ0) is 49.6. The molecule has 16 nitrogen and oxygen atoms in total. The number of fused-ring (bicyclic) bond motifs is 2. The highest BCUT2D eigenvalue weighted by atomic mass is 19.1. The number of likely N-dealkylation sites (N-methyl/N-ethyl adjacent to an activating group) is 1. The number of hydrogen-bond acceptors (Lipinski definition) is 12. The van der Waals surface area contributed by atoms with E-state index in [0.29, 0.717) is 42.9 Å². The molecule has 3 aromatic carbocycles. The van der Waals surface area contributed by atoms with E-state index in [0.717, 1.165) is 73.7 Å². The van der Waals surface area contributed by atoms with E-state index in [1.165, 1.54) is 54.8 Å². The summed E-state index contributed by atoms with van der Waals surface area (Å²) in [5, 5.41) is 3.03. The zero-order valence-electron chi connectivity index (χ0n) is 39.4. The van der Waals surface area contributed by atoms with Crippen LogP contribution in [0.1, 0.15) is 84.3 Å². The topological polar surface area (TPSA) is 189 Å². The molecular weight excluding hydrogens is 906 g/mol. The molecule has 3 amide bonds. The van der Waals surface area contributed by atoms with Crippen LogP contribution in [0.3, 0.4) is 0 Å². The first-order valence-corrected chi connectivity index (χ1v) is 23.7. The summed E-state index contributed by atoms with van der Waals surface area (Å²) < 4.78 is 54.6. The number of aryl methyl sites for hydroxylation is 1. The summed E-state index contributed by atoms with van der Waals surface area (Å²) >= 11 is 0. The summed E-state index contributed by atoms with van der Waals surface area (Å²) in [5.74, 6) is -2.23. The van der Waals surface area contributed by atoms with E-state index in [1.807, 2.05) is 4.90 Å². The van der Waals surface area contributed by atoms with Crippen molar-refractivity contribution in [2.75, 3.05) is 70.1 Å². The summed E-state index contributed by atoms with van der Waals surface area (Å²) in [5.41, 5.74) is 7.21. The van der Waals surface area contributed by atoms with Gasteiger partial charge in [-0.3, -0.25) is 19.0 Å². The van der Waals surface area contributed by atoms with E-state index in [4.69, 9.17) is 10.5 Å². The Morgan fingerprint density at radius 2 is 1.76 bits per heavy atom. The summed E-state index contributed by atoms with van der Waals surface area (Å²) in [6.45, 7) is 9.72. The lowest BCUT2D eigenvalue weighted by Crippen LogP contribution is -2.50. The third-order valence-corrected chi connectivity index (χ3v) is 13.6. The number of aldehydes is 1. The lowest BCUT2D eigenvalue weighted by molar-refractivity contribution is -0.126. The van der Waals surface area contributed by atoms with E-state index < -0.39 is 41.0 Å². The molecule has 0 spiro atoms. The maximum atomic E-state index is 16.7. The number of nitrogen functional groups attached to an aromatic ring is 1. The average Bonchev–Trinajstić information content (AvgIpc) is 3.96. The molecule has 0 radical (unpaired) electrons. The first-order chi connectivity index (χ1) is 33.8. The quantitative estimate of drug-likeness (QED) is 0.0572. The molecule has 2 atom stereocenters. The van der Waals surface area contributed by atoms with Gasteiger partial charge in [0.1, 0.15) is 58.9 Å². The monoisotopic (exact) mass is 962 g/mol. The molecule has 2 unspecified atom stereocenters. The van der Waals surface area contributed by atoms with Crippen LogP contribution in [0, 0.1) is 24.4 Å². The molecule has 5 heterocycles. The molecule has 0 saturated carbocycles. The van der Waals surface area contributed by atoms with E-state index in [1.54, 1.807) is 24.0 Å². The second kappa shape index (κ2) is 21.6. The fourth-order valence-corrected chi connectivity index (χ4v) is 10.0. The van der Waals surface area contributed by atoms with Crippen molar-refractivity contribution >= 4 is 52.2 Å². The fraction of sp³-hybridized carbons (Fsp3) is 0.412. The van der Waals surface area contributed by atoms with Crippen molar-refractivity contribution in [1.82, 2.24) is 39.5 Å². The Hall–Kier alpha value is -7.15. The minimum absolute atomic E-state index is 0.0149. The van der Waals surface area contributed by atoms with Gasteiger partial charge in [0.25, 0.3) is 11.8 Å². The van der Waals surface area contributed by atoms with Crippen molar-refractivity contribution in [1.29, 1.82) is 0 Å². The van der Waals surface area contributed by atoms with Gasteiger partial charge in [0, 0.05) is 75.4 Å². The first kappa shape index (κ1) is 49.3. The second-order valence-corrected chi connectivity index (χ2v) is 18.1. The Morgan fingerprint density at radius 3 is 2.51 bits per heavy atom. The average molecular weight is 963 g/mol. The lowest BCUT2D eigenvalue weighted by Gasteiger charge is -2.36. The lowest BCUT2D eigenvalue weighted by atomic mass is 9.91. The van der Waals surface area contributed by atoms with Crippen molar-refractivity contribution < 1.29 is 37.1 Å². The Bertz CT molecular complexity index is 2890. The molecule has 0 aliphatic carbocycles. The second-order valence-electron chi connectivity index (χ2n) is 18.1. The number of benzene rings is 3. The van der Waals surface area contributed by atoms with E-state index >= 15 is 8.78 Å². The van der Waals surface area contributed by atoms with Gasteiger partial charge in [-0.1, -0.05) is 31.9 Å². The Kier molecular flexibility index (Phi) is 15.2. The van der Waals surface area contributed by atoms with Crippen LogP contribution in [0.2, 0.25) is 0 Å². The molecule has 3 aliphatic rings. The van der Waals surface area contributed by atoms with E-state index in [2.05, 4.69) is 31.7 Å². The van der Waals surface area contributed by atoms with Crippen LogP contribution < -0.4 is 26.4 Å².